The molecule has 3 unspecified atom stereocenters. The lowest BCUT2D eigenvalue weighted by atomic mass is 10.00. The number of amides is 3. The van der Waals surface area contributed by atoms with Gasteiger partial charge in [0.2, 0.25) is 11.8 Å². The zero-order valence-electron chi connectivity index (χ0n) is 25.0. The van der Waals surface area contributed by atoms with E-state index < -0.39 is 23.8 Å². The number of carbonyl (C=O) groups is 3. The van der Waals surface area contributed by atoms with Gasteiger partial charge < -0.3 is 25.4 Å². The Balaban J connectivity index is 3.47. The van der Waals surface area contributed by atoms with Crippen molar-refractivity contribution in [1.82, 2.24) is 15.5 Å². The standard InChI is InChI=1S/C30H51N3O5S/c1-8-10-11-12-15-20-33(28(36)24(19-21-39-7)32-29(37)38-30(4,5)6)26(23-17-13-14-18-25(23)34)27(35)31-22(3)16-9-2/h13-14,17-18,22,24,26,34H,8-12,15-16,19-21H2,1-7H3,(H,31,35)(H,32,37). The van der Waals surface area contributed by atoms with E-state index in [9.17, 15) is 19.5 Å². The van der Waals surface area contributed by atoms with E-state index in [1.807, 2.05) is 20.1 Å². The topological polar surface area (TPSA) is 108 Å². The lowest BCUT2D eigenvalue weighted by Crippen LogP contribution is -2.54. The minimum absolute atomic E-state index is 0.0506. The SMILES string of the molecule is CCCCCCCN(C(=O)C(CCSC)NC(=O)OC(C)(C)C)C(C(=O)NC(C)CCC)c1ccccc1O. The second-order valence-electron chi connectivity index (χ2n) is 11.1. The summed E-state index contributed by atoms with van der Waals surface area (Å²) >= 11 is 1.57. The number of nitrogens with zero attached hydrogens (tertiary/aromatic N) is 1. The number of hydrogen-bond acceptors (Lipinski definition) is 6. The number of phenols is 1. The molecule has 3 N–H and O–H groups in total. The molecule has 9 heteroatoms. The molecule has 39 heavy (non-hydrogen) atoms. The normalized spacial score (nSPS) is 13.7. The maximum Gasteiger partial charge on any atom is 0.408 e. The highest BCUT2D eigenvalue weighted by atomic mass is 32.2. The van der Waals surface area contributed by atoms with Crippen molar-refractivity contribution in [3.63, 3.8) is 0 Å². The average Bonchev–Trinajstić information content (AvgIpc) is 2.85. The zero-order chi connectivity index (χ0) is 29.4. The summed E-state index contributed by atoms with van der Waals surface area (Å²) in [6.45, 7) is 11.8. The number of thioether (sulfide) groups is 1. The Morgan fingerprint density at radius 3 is 2.26 bits per heavy atom. The van der Waals surface area contributed by atoms with Crippen LogP contribution in [0.25, 0.3) is 0 Å². The molecule has 0 aliphatic heterocycles. The highest BCUT2D eigenvalue weighted by Crippen LogP contribution is 2.31. The van der Waals surface area contributed by atoms with Crippen LogP contribution in [0, 0.1) is 0 Å². The van der Waals surface area contributed by atoms with Gasteiger partial charge in [0, 0.05) is 18.2 Å². The van der Waals surface area contributed by atoms with Gasteiger partial charge in [-0.3, -0.25) is 9.59 Å². The Bertz CT molecular complexity index is 890. The summed E-state index contributed by atoms with van der Waals surface area (Å²) in [6, 6.07) is 4.64. The van der Waals surface area contributed by atoms with Gasteiger partial charge >= 0.3 is 6.09 Å². The van der Waals surface area contributed by atoms with Gasteiger partial charge in [0.05, 0.1) is 0 Å². The van der Waals surface area contributed by atoms with Gasteiger partial charge in [-0.1, -0.05) is 64.2 Å². The first-order valence-corrected chi connectivity index (χ1v) is 15.7. The summed E-state index contributed by atoms with van der Waals surface area (Å²) in [5.41, 5.74) is -0.356. The number of carbonyl (C=O) groups excluding carboxylic acids is 3. The molecule has 8 nitrogen and oxygen atoms in total. The molecule has 0 aromatic heterocycles. The number of alkyl carbamates (subject to hydrolysis) is 1. The fraction of sp³-hybridized carbons (Fsp3) is 0.700. The maximum absolute atomic E-state index is 14.2. The minimum atomic E-state index is -1.04. The molecule has 1 rings (SSSR count). The summed E-state index contributed by atoms with van der Waals surface area (Å²) in [5.74, 6) is -0.125. The Labute approximate surface area is 240 Å². The van der Waals surface area contributed by atoms with Crippen LogP contribution >= 0.6 is 11.8 Å². The predicted molar refractivity (Wildman–Crippen MR) is 160 cm³/mol. The molecule has 3 atom stereocenters. The molecule has 0 heterocycles. The van der Waals surface area contributed by atoms with E-state index >= 15 is 0 Å². The number of rotatable bonds is 17. The molecular weight excluding hydrogens is 514 g/mol. The van der Waals surface area contributed by atoms with E-state index in [1.54, 1.807) is 50.7 Å². The van der Waals surface area contributed by atoms with Crippen LogP contribution < -0.4 is 10.6 Å². The highest BCUT2D eigenvalue weighted by Gasteiger charge is 2.37. The summed E-state index contributed by atoms with van der Waals surface area (Å²) in [7, 11) is 0. The van der Waals surface area contributed by atoms with Crippen LogP contribution in [0.4, 0.5) is 4.79 Å². The summed E-state index contributed by atoms with van der Waals surface area (Å²) in [5, 5.41) is 16.6. The Morgan fingerprint density at radius 2 is 1.67 bits per heavy atom. The molecule has 222 valence electrons. The van der Waals surface area contributed by atoms with Crippen molar-refractivity contribution < 1.29 is 24.2 Å². The van der Waals surface area contributed by atoms with E-state index in [2.05, 4.69) is 17.6 Å². The smallest absolute Gasteiger partial charge is 0.408 e. The van der Waals surface area contributed by atoms with Crippen LogP contribution in [0.15, 0.2) is 24.3 Å². The quantitative estimate of drug-likeness (QED) is 0.195. The largest absolute Gasteiger partial charge is 0.508 e. The maximum atomic E-state index is 14.2. The van der Waals surface area contributed by atoms with Gasteiger partial charge in [-0.15, -0.1) is 0 Å². The number of aromatic hydroxyl groups is 1. The predicted octanol–water partition coefficient (Wildman–Crippen LogP) is 6.18. The molecule has 0 fully saturated rings. The van der Waals surface area contributed by atoms with Gasteiger partial charge in [-0.2, -0.15) is 11.8 Å². The van der Waals surface area contributed by atoms with Crippen LogP contribution in [0.3, 0.4) is 0 Å². The lowest BCUT2D eigenvalue weighted by molar-refractivity contribution is -0.143. The fourth-order valence-electron chi connectivity index (χ4n) is 4.39. The second kappa shape index (κ2) is 18.0. The molecule has 1 aromatic carbocycles. The lowest BCUT2D eigenvalue weighted by Gasteiger charge is -2.35. The minimum Gasteiger partial charge on any atom is -0.508 e. The van der Waals surface area contributed by atoms with Crippen LogP contribution in [0.2, 0.25) is 0 Å². The summed E-state index contributed by atoms with van der Waals surface area (Å²) in [4.78, 5) is 42.2. The van der Waals surface area contributed by atoms with E-state index in [0.717, 1.165) is 38.5 Å². The monoisotopic (exact) mass is 565 g/mol. The highest BCUT2D eigenvalue weighted by molar-refractivity contribution is 7.98. The first-order chi connectivity index (χ1) is 18.4. The van der Waals surface area contributed by atoms with Gasteiger partial charge in [0.25, 0.3) is 0 Å². The number of phenolic OH excluding ortho intramolecular Hbond substituents is 1. The first-order valence-electron chi connectivity index (χ1n) is 14.3. The molecule has 0 saturated carbocycles. The van der Waals surface area contributed by atoms with Gasteiger partial charge in [0.15, 0.2) is 0 Å². The van der Waals surface area contributed by atoms with Crippen molar-refractivity contribution in [2.24, 2.45) is 0 Å². The number of para-hydroxylation sites is 1. The van der Waals surface area contributed by atoms with Crippen molar-refractivity contribution in [3.05, 3.63) is 29.8 Å². The van der Waals surface area contributed by atoms with E-state index in [0.29, 0.717) is 30.7 Å². The molecule has 0 bridgehead atoms. The number of nitrogens with one attached hydrogen (secondary N) is 2. The Kier molecular flexibility index (Phi) is 16.0. The second-order valence-corrected chi connectivity index (χ2v) is 12.1. The summed E-state index contributed by atoms with van der Waals surface area (Å²) < 4.78 is 5.45. The molecule has 0 radical (unpaired) electrons. The van der Waals surface area contributed by atoms with Crippen molar-refractivity contribution in [1.29, 1.82) is 0 Å². The van der Waals surface area contributed by atoms with Crippen LogP contribution in [0.1, 0.15) is 105 Å². The number of ether oxygens (including phenoxy) is 1. The van der Waals surface area contributed by atoms with Crippen LogP contribution in [-0.2, 0) is 14.3 Å². The Morgan fingerprint density at radius 1 is 1.00 bits per heavy atom. The first kappa shape index (κ1) is 34.6. The van der Waals surface area contributed by atoms with E-state index in [4.69, 9.17) is 4.74 Å². The molecule has 3 amide bonds. The van der Waals surface area contributed by atoms with Crippen molar-refractivity contribution in [2.75, 3.05) is 18.6 Å². The van der Waals surface area contributed by atoms with Crippen molar-refractivity contribution in [2.45, 2.75) is 117 Å². The van der Waals surface area contributed by atoms with Crippen LogP contribution in [-0.4, -0.2) is 64.2 Å². The third-order valence-corrected chi connectivity index (χ3v) is 6.93. The number of unbranched alkanes of at least 4 members (excludes halogenated alkanes) is 4. The molecule has 0 aliphatic rings. The summed E-state index contributed by atoms with van der Waals surface area (Å²) in [6.07, 6.45) is 8.18. The average molecular weight is 566 g/mol. The zero-order valence-corrected chi connectivity index (χ0v) is 25.9. The van der Waals surface area contributed by atoms with E-state index in [1.165, 1.54) is 11.0 Å². The van der Waals surface area contributed by atoms with Crippen LogP contribution in [0.5, 0.6) is 5.75 Å². The van der Waals surface area contributed by atoms with Gasteiger partial charge in [-0.05, 0) is 65.0 Å². The third-order valence-electron chi connectivity index (χ3n) is 6.29. The molecule has 0 spiro atoms. The molecule has 0 saturated heterocycles. The fourth-order valence-corrected chi connectivity index (χ4v) is 4.86. The Hall–Kier alpha value is -2.42. The third kappa shape index (κ3) is 13.0. The molecule has 1 aromatic rings. The van der Waals surface area contributed by atoms with Gasteiger partial charge in [-0.25, -0.2) is 4.79 Å². The van der Waals surface area contributed by atoms with Gasteiger partial charge in [0.1, 0.15) is 23.4 Å². The molecular formula is C30H51N3O5S. The number of hydrogen-bond donors (Lipinski definition) is 3. The number of benzene rings is 1. The van der Waals surface area contributed by atoms with E-state index in [-0.39, 0.29) is 23.6 Å². The molecule has 0 aliphatic carbocycles. The van der Waals surface area contributed by atoms with Crippen molar-refractivity contribution in [3.8, 4) is 5.75 Å². The van der Waals surface area contributed by atoms with Crippen molar-refractivity contribution >= 4 is 29.7 Å².